The zero-order valence-corrected chi connectivity index (χ0v) is 13.3. The molecular formula is C17H26O4. The molecule has 4 heteroatoms. The Balaban J connectivity index is 2.78. The fourth-order valence-corrected chi connectivity index (χ4v) is 1.82. The third-order valence-electron chi connectivity index (χ3n) is 3.46. The fraction of sp³-hybridized carbons (Fsp3) is 0.588. The molecule has 0 aliphatic carbocycles. The number of ether oxygens (including phenoxy) is 2. The predicted molar refractivity (Wildman–Crippen MR) is 82.3 cm³/mol. The first kappa shape index (κ1) is 17.5. The molecule has 0 amide bonds. The summed E-state index contributed by atoms with van der Waals surface area (Å²) >= 11 is 0. The van der Waals surface area contributed by atoms with E-state index in [1.54, 1.807) is 18.2 Å². The number of phenols is 1. The van der Waals surface area contributed by atoms with Gasteiger partial charge in [-0.3, -0.25) is 0 Å². The van der Waals surface area contributed by atoms with Crippen LogP contribution in [0.5, 0.6) is 5.75 Å². The number of esters is 1. The lowest BCUT2D eigenvalue weighted by atomic mass is 10.1. The average molecular weight is 294 g/mol. The summed E-state index contributed by atoms with van der Waals surface area (Å²) in [5.74, 6) is -0.155. The smallest absolute Gasteiger partial charge is 0.335 e. The predicted octanol–water partition coefficient (Wildman–Crippen LogP) is 3.46. The number of hydrogen-bond acceptors (Lipinski definition) is 4. The number of aromatic hydroxyl groups is 1. The molecule has 21 heavy (non-hydrogen) atoms. The van der Waals surface area contributed by atoms with Crippen molar-refractivity contribution in [3.05, 3.63) is 29.8 Å². The van der Waals surface area contributed by atoms with Gasteiger partial charge in [0.2, 0.25) is 0 Å². The number of carbonyl (C=O) groups is 1. The molecule has 0 aliphatic rings. The summed E-state index contributed by atoms with van der Waals surface area (Å²) in [7, 11) is 0. The first-order valence-corrected chi connectivity index (χ1v) is 7.60. The molecule has 3 atom stereocenters. The summed E-state index contributed by atoms with van der Waals surface area (Å²) in [6, 6.07) is 6.86. The van der Waals surface area contributed by atoms with Gasteiger partial charge < -0.3 is 14.6 Å². The Labute approximate surface area is 127 Å². The molecular weight excluding hydrogens is 268 g/mol. The van der Waals surface area contributed by atoms with Crippen molar-refractivity contribution in [1.29, 1.82) is 0 Å². The van der Waals surface area contributed by atoms with Gasteiger partial charge in [-0.05, 0) is 44.4 Å². The standard InChI is InChI=1S/C17H26O4/c1-5-12(3)20-16(17(19)21-13(4)6-2)11-14-8-7-9-15(18)10-14/h7-10,12-13,16,18H,5-6,11H2,1-4H3. The average Bonchev–Trinajstić information content (AvgIpc) is 2.46. The van der Waals surface area contributed by atoms with E-state index in [-0.39, 0.29) is 23.9 Å². The number of rotatable bonds is 8. The Morgan fingerprint density at radius 3 is 2.43 bits per heavy atom. The topological polar surface area (TPSA) is 55.8 Å². The van der Waals surface area contributed by atoms with Crippen molar-refractivity contribution in [2.45, 2.75) is 65.3 Å². The van der Waals surface area contributed by atoms with Crippen molar-refractivity contribution in [2.75, 3.05) is 0 Å². The minimum Gasteiger partial charge on any atom is -0.508 e. The highest BCUT2D eigenvalue weighted by atomic mass is 16.6. The van der Waals surface area contributed by atoms with Gasteiger partial charge >= 0.3 is 5.97 Å². The van der Waals surface area contributed by atoms with Crippen LogP contribution in [0.1, 0.15) is 46.1 Å². The number of benzene rings is 1. The summed E-state index contributed by atoms with van der Waals surface area (Å²) in [5, 5.41) is 9.52. The second-order valence-electron chi connectivity index (χ2n) is 5.37. The number of hydrogen-bond donors (Lipinski definition) is 1. The van der Waals surface area contributed by atoms with Crippen molar-refractivity contribution in [3.8, 4) is 5.75 Å². The highest BCUT2D eigenvalue weighted by molar-refractivity contribution is 5.75. The van der Waals surface area contributed by atoms with Gasteiger partial charge in [-0.25, -0.2) is 4.79 Å². The van der Waals surface area contributed by atoms with Crippen LogP contribution in [0.25, 0.3) is 0 Å². The third kappa shape index (κ3) is 6.17. The Morgan fingerprint density at radius 2 is 1.86 bits per heavy atom. The van der Waals surface area contributed by atoms with E-state index in [0.717, 1.165) is 18.4 Å². The van der Waals surface area contributed by atoms with Crippen molar-refractivity contribution in [3.63, 3.8) is 0 Å². The molecule has 0 radical (unpaired) electrons. The molecule has 1 rings (SSSR count). The zero-order valence-electron chi connectivity index (χ0n) is 13.3. The Bertz CT molecular complexity index is 444. The fourth-order valence-electron chi connectivity index (χ4n) is 1.82. The highest BCUT2D eigenvalue weighted by Crippen LogP contribution is 2.16. The molecule has 0 aromatic heterocycles. The lowest BCUT2D eigenvalue weighted by Crippen LogP contribution is -2.33. The molecule has 1 aromatic carbocycles. The van der Waals surface area contributed by atoms with Gasteiger partial charge in [0.05, 0.1) is 12.2 Å². The molecule has 0 heterocycles. The van der Waals surface area contributed by atoms with Gasteiger partial charge in [0.25, 0.3) is 0 Å². The first-order valence-electron chi connectivity index (χ1n) is 7.60. The SMILES string of the molecule is CCC(C)OC(=O)C(Cc1cccc(O)c1)OC(C)CC. The zero-order chi connectivity index (χ0) is 15.8. The molecule has 0 aliphatic heterocycles. The van der Waals surface area contributed by atoms with E-state index in [4.69, 9.17) is 9.47 Å². The minimum absolute atomic E-state index is 0.0169. The van der Waals surface area contributed by atoms with E-state index in [1.807, 2.05) is 33.8 Å². The van der Waals surface area contributed by atoms with Crippen LogP contribution < -0.4 is 0 Å². The third-order valence-corrected chi connectivity index (χ3v) is 3.46. The van der Waals surface area contributed by atoms with Gasteiger partial charge in [-0.1, -0.05) is 26.0 Å². The van der Waals surface area contributed by atoms with Crippen LogP contribution in [0.2, 0.25) is 0 Å². The monoisotopic (exact) mass is 294 g/mol. The largest absolute Gasteiger partial charge is 0.508 e. The van der Waals surface area contributed by atoms with Crippen molar-refractivity contribution >= 4 is 5.97 Å². The van der Waals surface area contributed by atoms with Crippen LogP contribution in [-0.2, 0) is 20.7 Å². The van der Waals surface area contributed by atoms with Crippen LogP contribution in [0.15, 0.2) is 24.3 Å². The highest BCUT2D eigenvalue weighted by Gasteiger charge is 2.24. The minimum atomic E-state index is -0.643. The molecule has 1 aromatic rings. The normalized spacial score (nSPS) is 15.2. The van der Waals surface area contributed by atoms with Crippen molar-refractivity contribution in [2.24, 2.45) is 0 Å². The first-order chi connectivity index (χ1) is 9.96. The van der Waals surface area contributed by atoms with Crippen molar-refractivity contribution < 1.29 is 19.4 Å². The maximum Gasteiger partial charge on any atom is 0.335 e. The summed E-state index contributed by atoms with van der Waals surface area (Å²) in [5.41, 5.74) is 0.851. The van der Waals surface area contributed by atoms with Crippen molar-refractivity contribution in [1.82, 2.24) is 0 Å². The van der Waals surface area contributed by atoms with Crippen LogP contribution in [0.3, 0.4) is 0 Å². The lowest BCUT2D eigenvalue weighted by molar-refractivity contribution is -0.165. The molecule has 0 fully saturated rings. The Morgan fingerprint density at radius 1 is 1.19 bits per heavy atom. The summed E-state index contributed by atoms with van der Waals surface area (Å²) in [6.45, 7) is 7.78. The summed E-state index contributed by atoms with van der Waals surface area (Å²) < 4.78 is 11.2. The van der Waals surface area contributed by atoms with E-state index in [9.17, 15) is 9.90 Å². The molecule has 0 saturated heterocycles. The van der Waals surface area contributed by atoms with E-state index in [2.05, 4.69) is 0 Å². The molecule has 1 N–H and O–H groups in total. The molecule has 118 valence electrons. The van der Waals surface area contributed by atoms with E-state index < -0.39 is 6.10 Å². The van der Waals surface area contributed by atoms with E-state index >= 15 is 0 Å². The quantitative estimate of drug-likeness (QED) is 0.746. The van der Waals surface area contributed by atoms with Crippen LogP contribution in [0.4, 0.5) is 0 Å². The second kappa shape index (κ2) is 8.67. The van der Waals surface area contributed by atoms with Gasteiger partial charge in [0.15, 0.2) is 6.10 Å². The van der Waals surface area contributed by atoms with Crippen LogP contribution in [0, 0.1) is 0 Å². The Kier molecular flexibility index (Phi) is 7.23. The molecule has 4 nitrogen and oxygen atoms in total. The maximum absolute atomic E-state index is 12.2. The Hall–Kier alpha value is -1.55. The van der Waals surface area contributed by atoms with E-state index in [0.29, 0.717) is 6.42 Å². The second-order valence-corrected chi connectivity index (χ2v) is 5.37. The molecule has 0 spiro atoms. The summed E-state index contributed by atoms with van der Waals surface area (Å²) in [6.07, 6.45) is 1.21. The van der Waals surface area contributed by atoms with Gasteiger partial charge in [-0.15, -0.1) is 0 Å². The van der Waals surface area contributed by atoms with Crippen LogP contribution in [-0.4, -0.2) is 29.4 Å². The number of phenolic OH excluding ortho intramolecular Hbond substituents is 1. The van der Waals surface area contributed by atoms with Gasteiger partial charge in [0.1, 0.15) is 5.75 Å². The summed E-state index contributed by atoms with van der Waals surface area (Å²) in [4.78, 5) is 12.2. The van der Waals surface area contributed by atoms with Crippen LogP contribution >= 0.6 is 0 Å². The maximum atomic E-state index is 12.2. The van der Waals surface area contributed by atoms with Gasteiger partial charge in [0, 0.05) is 6.42 Å². The van der Waals surface area contributed by atoms with E-state index in [1.165, 1.54) is 0 Å². The molecule has 0 saturated carbocycles. The van der Waals surface area contributed by atoms with Gasteiger partial charge in [-0.2, -0.15) is 0 Å². The molecule has 0 bridgehead atoms. The molecule has 3 unspecified atom stereocenters. The number of carbonyl (C=O) groups excluding carboxylic acids is 1. The lowest BCUT2D eigenvalue weighted by Gasteiger charge is -2.22.